The number of aryl methyl sites for hydroxylation is 2. The Morgan fingerprint density at radius 1 is 1.35 bits per heavy atom. The van der Waals surface area contributed by atoms with Crippen LogP contribution in [-0.2, 0) is 19.9 Å². The van der Waals surface area contributed by atoms with Crippen LogP contribution in [0.1, 0.15) is 29.9 Å². The van der Waals surface area contributed by atoms with Crippen LogP contribution in [0, 0.1) is 0 Å². The lowest BCUT2D eigenvalue weighted by Gasteiger charge is -2.18. The summed E-state index contributed by atoms with van der Waals surface area (Å²) in [5, 5.41) is 5.66. The molecule has 0 aliphatic rings. The third kappa shape index (κ3) is 3.33. The van der Waals surface area contributed by atoms with Gasteiger partial charge in [0, 0.05) is 29.2 Å². The van der Waals surface area contributed by atoms with Gasteiger partial charge >= 0.3 is 0 Å². The van der Waals surface area contributed by atoms with Crippen LogP contribution in [0.25, 0.3) is 0 Å². The number of benzene rings is 1. The third-order valence-corrected chi connectivity index (χ3v) is 3.90. The van der Waals surface area contributed by atoms with E-state index in [4.69, 9.17) is 29.0 Å². The second-order valence-corrected chi connectivity index (χ2v) is 5.54. The van der Waals surface area contributed by atoms with Gasteiger partial charge in [-0.25, -0.2) is 0 Å². The molecule has 0 saturated heterocycles. The first-order valence-electron chi connectivity index (χ1n) is 6.48. The SMILES string of the molecule is CCc1cc(CC(NN)c2ccc(Cl)cc2Cl)n(C)n1. The molecule has 2 aromatic rings. The number of hydrogen-bond donors (Lipinski definition) is 2. The van der Waals surface area contributed by atoms with Crippen LogP contribution in [-0.4, -0.2) is 9.78 Å². The molecule has 0 amide bonds. The summed E-state index contributed by atoms with van der Waals surface area (Å²) >= 11 is 12.2. The molecule has 3 N–H and O–H groups in total. The van der Waals surface area contributed by atoms with Gasteiger partial charge in [0.25, 0.3) is 0 Å². The maximum Gasteiger partial charge on any atom is 0.0624 e. The highest BCUT2D eigenvalue weighted by atomic mass is 35.5. The van der Waals surface area contributed by atoms with Crippen molar-refractivity contribution < 1.29 is 0 Å². The minimum absolute atomic E-state index is 0.0835. The Hall–Kier alpha value is -1.07. The van der Waals surface area contributed by atoms with Gasteiger partial charge in [-0.15, -0.1) is 0 Å². The van der Waals surface area contributed by atoms with Crippen LogP contribution >= 0.6 is 23.2 Å². The van der Waals surface area contributed by atoms with Gasteiger partial charge in [-0.05, 0) is 30.2 Å². The molecule has 1 aromatic heterocycles. The van der Waals surface area contributed by atoms with Gasteiger partial charge in [-0.2, -0.15) is 5.10 Å². The molecule has 1 unspecified atom stereocenters. The Labute approximate surface area is 128 Å². The molecule has 0 spiro atoms. The zero-order chi connectivity index (χ0) is 14.7. The van der Waals surface area contributed by atoms with Crippen LogP contribution in [0.15, 0.2) is 24.3 Å². The number of halogens is 2. The summed E-state index contributed by atoms with van der Waals surface area (Å²) in [5.74, 6) is 5.68. The molecule has 1 atom stereocenters. The van der Waals surface area contributed by atoms with Crippen LogP contribution in [0.2, 0.25) is 10.0 Å². The van der Waals surface area contributed by atoms with E-state index in [1.54, 1.807) is 6.07 Å². The van der Waals surface area contributed by atoms with Gasteiger partial charge in [0.1, 0.15) is 0 Å². The molecule has 1 aromatic carbocycles. The van der Waals surface area contributed by atoms with Gasteiger partial charge in [0.2, 0.25) is 0 Å². The zero-order valence-corrected chi connectivity index (χ0v) is 13.0. The van der Waals surface area contributed by atoms with E-state index in [-0.39, 0.29) is 6.04 Å². The van der Waals surface area contributed by atoms with Crippen molar-refractivity contribution in [2.45, 2.75) is 25.8 Å². The summed E-state index contributed by atoms with van der Waals surface area (Å²) in [4.78, 5) is 0. The van der Waals surface area contributed by atoms with Gasteiger partial charge in [0.05, 0.1) is 11.7 Å². The van der Waals surface area contributed by atoms with Crippen molar-refractivity contribution in [3.63, 3.8) is 0 Å². The Balaban J connectivity index is 2.26. The average Bonchev–Trinajstić information content (AvgIpc) is 2.77. The van der Waals surface area contributed by atoms with Gasteiger partial charge < -0.3 is 0 Å². The number of hydrogen-bond acceptors (Lipinski definition) is 3. The second-order valence-electron chi connectivity index (χ2n) is 4.69. The van der Waals surface area contributed by atoms with Crippen molar-refractivity contribution in [1.82, 2.24) is 15.2 Å². The minimum Gasteiger partial charge on any atom is -0.272 e. The Morgan fingerprint density at radius 3 is 2.65 bits per heavy atom. The van der Waals surface area contributed by atoms with Crippen molar-refractivity contribution in [3.05, 3.63) is 51.3 Å². The first-order chi connectivity index (χ1) is 9.55. The first-order valence-corrected chi connectivity index (χ1v) is 7.23. The molecule has 2 rings (SSSR count). The van der Waals surface area contributed by atoms with Crippen molar-refractivity contribution in [2.24, 2.45) is 12.9 Å². The summed E-state index contributed by atoms with van der Waals surface area (Å²) in [6.07, 6.45) is 1.62. The molecule has 0 saturated carbocycles. The number of nitrogens with two attached hydrogens (primary N) is 1. The lowest BCUT2D eigenvalue weighted by Crippen LogP contribution is -2.30. The van der Waals surface area contributed by atoms with Crippen LogP contribution < -0.4 is 11.3 Å². The topological polar surface area (TPSA) is 55.9 Å². The lowest BCUT2D eigenvalue weighted by molar-refractivity contribution is 0.530. The maximum absolute atomic E-state index is 6.24. The standard InChI is InChI=1S/C14H18Cl2N4/c1-3-10-7-11(20(2)19-10)8-14(18-17)12-5-4-9(15)6-13(12)16/h4-7,14,18H,3,8,17H2,1-2H3. The number of aromatic nitrogens is 2. The van der Waals surface area contributed by atoms with Gasteiger partial charge in [0.15, 0.2) is 0 Å². The van der Waals surface area contributed by atoms with Crippen LogP contribution in [0.3, 0.4) is 0 Å². The Bertz CT molecular complexity index is 595. The largest absolute Gasteiger partial charge is 0.272 e. The predicted molar refractivity (Wildman–Crippen MR) is 82.8 cm³/mol. The highest BCUT2D eigenvalue weighted by Gasteiger charge is 2.16. The molecule has 0 aliphatic carbocycles. The number of nitrogens with zero attached hydrogens (tertiary/aromatic N) is 2. The zero-order valence-electron chi connectivity index (χ0n) is 11.5. The molecule has 0 radical (unpaired) electrons. The maximum atomic E-state index is 6.24. The lowest BCUT2D eigenvalue weighted by atomic mass is 10.0. The van der Waals surface area contributed by atoms with E-state index < -0.39 is 0 Å². The fourth-order valence-corrected chi connectivity index (χ4v) is 2.73. The fraction of sp³-hybridized carbons (Fsp3) is 0.357. The minimum atomic E-state index is -0.0835. The normalized spacial score (nSPS) is 12.7. The van der Waals surface area contributed by atoms with Crippen LogP contribution in [0.5, 0.6) is 0 Å². The predicted octanol–water partition coefficient (Wildman–Crippen LogP) is 3.04. The van der Waals surface area contributed by atoms with E-state index in [1.165, 1.54) is 0 Å². The van der Waals surface area contributed by atoms with Crippen molar-refractivity contribution >= 4 is 23.2 Å². The summed E-state index contributed by atoms with van der Waals surface area (Å²) < 4.78 is 1.88. The number of nitrogens with one attached hydrogen (secondary N) is 1. The van der Waals surface area contributed by atoms with E-state index in [0.717, 1.165) is 23.4 Å². The Morgan fingerprint density at radius 2 is 2.10 bits per heavy atom. The molecular formula is C14H18Cl2N4. The molecule has 0 bridgehead atoms. The van der Waals surface area contributed by atoms with Crippen LogP contribution in [0.4, 0.5) is 0 Å². The molecule has 6 heteroatoms. The first kappa shape index (κ1) is 15.3. The highest BCUT2D eigenvalue weighted by Crippen LogP contribution is 2.28. The van der Waals surface area contributed by atoms with Crippen molar-refractivity contribution in [1.29, 1.82) is 0 Å². The monoisotopic (exact) mass is 312 g/mol. The van der Waals surface area contributed by atoms with E-state index in [2.05, 4.69) is 23.5 Å². The van der Waals surface area contributed by atoms with E-state index >= 15 is 0 Å². The quantitative estimate of drug-likeness (QED) is 0.659. The number of rotatable bonds is 5. The van der Waals surface area contributed by atoms with Crippen molar-refractivity contribution in [3.8, 4) is 0 Å². The smallest absolute Gasteiger partial charge is 0.0624 e. The second kappa shape index (κ2) is 6.59. The Kier molecular flexibility index (Phi) is 5.05. The molecule has 4 nitrogen and oxygen atoms in total. The van der Waals surface area contributed by atoms with Gasteiger partial charge in [-0.3, -0.25) is 16.0 Å². The van der Waals surface area contributed by atoms with Crippen molar-refractivity contribution in [2.75, 3.05) is 0 Å². The molecule has 0 fully saturated rings. The average molecular weight is 313 g/mol. The molecule has 108 valence electrons. The third-order valence-electron chi connectivity index (χ3n) is 3.34. The van der Waals surface area contributed by atoms with Gasteiger partial charge in [-0.1, -0.05) is 36.2 Å². The summed E-state index contributed by atoms with van der Waals surface area (Å²) in [7, 11) is 1.94. The highest BCUT2D eigenvalue weighted by molar-refractivity contribution is 6.35. The summed E-state index contributed by atoms with van der Waals surface area (Å²) in [5.41, 5.74) is 5.92. The summed E-state index contributed by atoms with van der Waals surface area (Å²) in [6, 6.07) is 7.44. The van der Waals surface area contributed by atoms with E-state index in [9.17, 15) is 0 Å². The summed E-state index contributed by atoms with van der Waals surface area (Å²) in [6.45, 7) is 2.08. The molecule has 20 heavy (non-hydrogen) atoms. The molecule has 0 aliphatic heterocycles. The number of hydrazine groups is 1. The fourth-order valence-electron chi connectivity index (χ4n) is 2.19. The molecular weight excluding hydrogens is 295 g/mol. The van der Waals surface area contributed by atoms with E-state index in [1.807, 2.05) is 23.9 Å². The van der Waals surface area contributed by atoms with E-state index in [0.29, 0.717) is 16.5 Å². The molecule has 1 heterocycles.